The largest absolute Gasteiger partial charge is 0.476 e. The van der Waals surface area contributed by atoms with E-state index in [1.54, 1.807) is 0 Å². The van der Waals surface area contributed by atoms with Crippen LogP contribution in [0.4, 0.5) is 0 Å². The zero-order chi connectivity index (χ0) is 20.8. The minimum Gasteiger partial charge on any atom is -0.476 e. The first-order valence-corrected chi connectivity index (χ1v) is 10.3. The van der Waals surface area contributed by atoms with Gasteiger partial charge < -0.3 is 14.5 Å². The summed E-state index contributed by atoms with van der Waals surface area (Å²) in [5, 5.41) is 4.25. The Kier molecular flexibility index (Phi) is 4.80. The van der Waals surface area contributed by atoms with Crippen LogP contribution in [0.2, 0.25) is 0 Å². The summed E-state index contributed by atoms with van der Waals surface area (Å²) in [7, 11) is 0. The number of nitrogens with zero attached hydrogens (tertiary/aromatic N) is 2. The van der Waals surface area contributed by atoms with Gasteiger partial charge in [-0.15, -0.1) is 0 Å². The van der Waals surface area contributed by atoms with Gasteiger partial charge in [0.05, 0.1) is 22.8 Å². The summed E-state index contributed by atoms with van der Waals surface area (Å²) in [6, 6.07) is 8.67. The molecular formula is C24H31N3O2. The molecule has 0 saturated heterocycles. The molecule has 1 aromatic carbocycles. The first kappa shape index (κ1) is 19.7. The molecule has 4 rings (SSSR count). The fourth-order valence-electron chi connectivity index (χ4n) is 3.54. The van der Waals surface area contributed by atoms with Gasteiger partial charge in [0.15, 0.2) is 0 Å². The Balaban J connectivity index is 1.76. The van der Waals surface area contributed by atoms with Crippen molar-refractivity contribution < 1.29 is 9.47 Å². The highest BCUT2D eigenvalue weighted by molar-refractivity contribution is 6.09. The Morgan fingerprint density at radius 2 is 1.21 bits per heavy atom. The van der Waals surface area contributed by atoms with Crippen LogP contribution in [-0.4, -0.2) is 42.1 Å². The van der Waals surface area contributed by atoms with Crippen LogP contribution >= 0.6 is 0 Å². The maximum Gasteiger partial charge on any atom is 0.211 e. The molecule has 0 spiro atoms. The topological polar surface area (TPSA) is 59.0 Å². The van der Waals surface area contributed by atoms with Gasteiger partial charge in [-0.1, -0.05) is 65.8 Å². The van der Waals surface area contributed by atoms with Crippen LogP contribution < -0.4 is 10.7 Å². The quantitative estimate of drug-likeness (QED) is 0.850. The maximum absolute atomic E-state index is 5.85. The molecule has 0 amide bonds. The molecule has 0 aliphatic carbocycles. The Morgan fingerprint density at radius 3 is 1.55 bits per heavy atom. The number of hydrogen-bond acceptors (Lipinski definition) is 4. The smallest absolute Gasteiger partial charge is 0.211 e. The van der Waals surface area contributed by atoms with Crippen molar-refractivity contribution in [1.82, 2.24) is 4.98 Å². The third-order valence-corrected chi connectivity index (χ3v) is 5.66. The molecule has 29 heavy (non-hydrogen) atoms. The summed E-state index contributed by atoms with van der Waals surface area (Å²) in [4.78, 5) is 13.1. The van der Waals surface area contributed by atoms with E-state index in [0.29, 0.717) is 25.0 Å². The SMILES string of the molecule is CC(C)(C)[C@H]1COC(/C=c2/[nH]/c(=C/C3=N[C@@H](C(C)(C)C)CO3)c3ccccc23)=N1. The van der Waals surface area contributed by atoms with Crippen LogP contribution in [0.5, 0.6) is 0 Å². The van der Waals surface area contributed by atoms with Crippen LogP contribution in [0.3, 0.4) is 0 Å². The average molecular weight is 394 g/mol. The van der Waals surface area contributed by atoms with Gasteiger partial charge in [0.2, 0.25) is 11.8 Å². The molecular weight excluding hydrogens is 362 g/mol. The number of aromatic nitrogens is 1. The highest BCUT2D eigenvalue weighted by Gasteiger charge is 2.30. The number of aliphatic imine (C=N–C) groups is 2. The van der Waals surface area contributed by atoms with Gasteiger partial charge in [0.1, 0.15) is 13.2 Å². The number of aromatic amines is 1. The second kappa shape index (κ2) is 7.05. The highest BCUT2D eigenvalue weighted by Crippen LogP contribution is 2.27. The van der Waals surface area contributed by atoms with Crippen molar-refractivity contribution in [3.63, 3.8) is 0 Å². The molecule has 0 fully saturated rings. The molecule has 0 bridgehead atoms. The number of hydrogen-bond donors (Lipinski definition) is 1. The lowest BCUT2D eigenvalue weighted by atomic mass is 9.88. The molecule has 0 saturated carbocycles. The van der Waals surface area contributed by atoms with E-state index in [-0.39, 0.29) is 22.9 Å². The van der Waals surface area contributed by atoms with E-state index in [1.807, 2.05) is 24.3 Å². The van der Waals surface area contributed by atoms with Crippen LogP contribution in [0.15, 0.2) is 34.3 Å². The second-order valence-electron chi connectivity index (χ2n) is 10.1. The molecule has 1 N–H and O–H groups in total. The van der Waals surface area contributed by atoms with Crippen LogP contribution in [0, 0.1) is 10.8 Å². The Bertz CT molecular complexity index is 1010. The van der Waals surface area contributed by atoms with Gasteiger partial charge in [-0.05, 0) is 10.8 Å². The van der Waals surface area contributed by atoms with E-state index in [0.717, 1.165) is 21.5 Å². The Morgan fingerprint density at radius 1 is 0.793 bits per heavy atom. The number of benzene rings is 1. The van der Waals surface area contributed by atoms with E-state index < -0.39 is 0 Å². The Hall–Kier alpha value is -2.56. The molecule has 1 aromatic heterocycles. The van der Waals surface area contributed by atoms with Crippen molar-refractivity contribution in [3.8, 4) is 0 Å². The van der Waals surface area contributed by atoms with Gasteiger partial charge in [0, 0.05) is 22.9 Å². The van der Waals surface area contributed by atoms with Crippen LogP contribution in [0.1, 0.15) is 41.5 Å². The van der Waals surface area contributed by atoms with E-state index in [9.17, 15) is 0 Å². The molecule has 5 heteroatoms. The summed E-state index contributed by atoms with van der Waals surface area (Å²) in [5.74, 6) is 1.37. The predicted octanol–water partition coefficient (Wildman–Crippen LogP) is 3.42. The van der Waals surface area contributed by atoms with Crippen molar-refractivity contribution in [2.24, 2.45) is 20.8 Å². The molecule has 2 aromatic rings. The summed E-state index contributed by atoms with van der Waals surface area (Å²) >= 11 is 0. The molecule has 2 aliphatic rings. The van der Waals surface area contributed by atoms with E-state index >= 15 is 0 Å². The molecule has 5 nitrogen and oxygen atoms in total. The molecule has 3 heterocycles. The van der Waals surface area contributed by atoms with Gasteiger partial charge in [-0.25, -0.2) is 9.98 Å². The minimum atomic E-state index is 0.0912. The van der Waals surface area contributed by atoms with Gasteiger partial charge in [0.25, 0.3) is 0 Å². The predicted molar refractivity (Wildman–Crippen MR) is 120 cm³/mol. The minimum absolute atomic E-state index is 0.0912. The lowest BCUT2D eigenvalue weighted by Crippen LogP contribution is -2.25. The van der Waals surface area contributed by atoms with Gasteiger partial charge in [-0.3, -0.25) is 0 Å². The summed E-state index contributed by atoms with van der Waals surface area (Å²) in [6.07, 6.45) is 4.00. The lowest BCUT2D eigenvalue weighted by molar-refractivity contribution is 0.237. The first-order chi connectivity index (χ1) is 13.6. The fourth-order valence-corrected chi connectivity index (χ4v) is 3.54. The number of nitrogens with one attached hydrogen (secondary N) is 1. The van der Waals surface area contributed by atoms with Crippen molar-refractivity contribution in [2.45, 2.75) is 53.6 Å². The maximum atomic E-state index is 5.85. The fraction of sp³-hybridized carbons (Fsp3) is 0.500. The number of ether oxygens (including phenoxy) is 2. The standard InChI is InChI=1S/C24H31N3O2/c1-23(2,3)19-13-28-21(26-19)11-17-15-9-7-8-10-16(15)18(25-17)12-22-27-20(14-29-22)24(4,5)6/h7-12,19-20,25H,13-14H2,1-6H3/b17-11+,18-12+/t19-,20-/m1/s1. The Labute approximate surface area is 172 Å². The normalized spacial score (nSPS) is 23.9. The molecule has 0 unspecified atom stereocenters. The number of rotatable bonds is 2. The number of H-pyrrole nitrogens is 1. The summed E-state index contributed by atoms with van der Waals surface area (Å²) < 4.78 is 11.7. The van der Waals surface area contributed by atoms with Crippen molar-refractivity contribution in [3.05, 3.63) is 35.0 Å². The van der Waals surface area contributed by atoms with Crippen molar-refractivity contribution >= 4 is 34.7 Å². The van der Waals surface area contributed by atoms with Gasteiger partial charge >= 0.3 is 0 Å². The van der Waals surface area contributed by atoms with Gasteiger partial charge in [-0.2, -0.15) is 0 Å². The van der Waals surface area contributed by atoms with E-state index in [1.165, 1.54) is 0 Å². The van der Waals surface area contributed by atoms with E-state index in [2.05, 4.69) is 58.7 Å². The van der Waals surface area contributed by atoms with E-state index in [4.69, 9.17) is 19.5 Å². The monoisotopic (exact) mass is 393 g/mol. The third kappa shape index (κ3) is 4.09. The number of fused-ring (bicyclic) bond motifs is 1. The summed E-state index contributed by atoms with van der Waals surface area (Å²) in [5.41, 5.74) is 0.182. The molecule has 0 radical (unpaired) electrons. The first-order valence-electron chi connectivity index (χ1n) is 10.3. The zero-order valence-corrected chi connectivity index (χ0v) is 18.2. The zero-order valence-electron chi connectivity index (χ0n) is 18.2. The van der Waals surface area contributed by atoms with Crippen molar-refractivity contribution in [2.75, 3.05) is 13.2 Å². The third-order valence-electron chi connectivity index (χ3n) is 5.66. The van der Waals surface area contributed by atoms with Crippen LogP contribution in [0.25, 0.3) is 22.9 Å². The van der Waals surface area contributed by atoms with Crippen LogP contribution in [-0.2, 0) is 9.47 Å². The highest BCUT2D eigenvalue weighted by atomic mass is 16.5. The molecule has 2 aliphatic heterocycles. The summed E-state index contributed by atoms with van der Waals surface area (Å²) in [6.45, 7) is 14.4. The lowest BCUT2D eigenvalue weighted by Gasteiger charge is -2.21. The van der Waals surface area contributed by atoms with Crippen molar-refractivity contribution in [1.29, 1.82) is 0 Å². The molecule has 154 valence electrons. The average Bonchev–Trinajstić information content (AvgIpc) is 3.35. The second-order valence-corrected chi connectivity index (χ2v) is 10.1. The molecule has 2 atom stereocenters.